The van der Waals surface area contributed by atoms with Crippen molar-refractivity contribution in [2.24, 2.45) is 0 Å². The van der Waals surface area contributed by atoms with E-state index in [0.29, 0.717) is 16.6 Å². The third-order valence-corrected chi connectivity index (χ3v) is 4.37. The SMILES string of the molecule is O=Cc1nc(-c2ccc(Cl)cc2)sc1C1CC1. The van der Waals surface area contributed by atoms with Crippen LogP contribution in [0.5, 0.6) is 0 Å². The lowest BCUT2D eigenvalue weighted by molar-refractivity contribution is 0.111. The molecule has 0 radical (unpaired) electrons. The minimum atomic E-state index is 0.564. The number of halogens is 1. The molecule has 3 rings (SSSR count). The predicted octanol–water partition coefficient (Wildman–Crippen LogP) is 4.15. The Morgan fingerprint density at radius 2 is 2.00 bits per heavy atom. The fraction of sp³-hybridized carbons (Fsp3) is 0.231. The first kappa shape index (κ1) is 10.9. The second-order valence-corrected chi connectivity index (χ2v) is 5.63. The summed E-state index contributed by atoms with van der Waals surface area (Å²) in [5.41, 5.74) is 1.64. The van der Waals surface area contributed by atoms with Gasteiger partial charge < -0.3 is 0 Å². The Morgan fingerprint density at radius 1 is 1.29 bits per heavy atom. The van der Waals surface area contributed by atoms with Crippen molar-refractivity contribution in [2.75, 3.05) is 0 Å². The molecule has 0 spiro atoms. The van der Waals surface area contributed by atoms with E-state index in [9.17, 15) is 4.79 Å². The number of carbonyl (C=O) groups excluding carboxylic acids is 1. The number of thiazole rings is 1. The van der Waals surface area contributed by atoms with Gasteiger partial charge in [-0.1, -0.05) is 23.7 Å². The smallest absolute Gasteiger partial charge is 0.169 e. The lowest BCUT2D eigenvalue weighted by atomic mass is 10.2. The molecule has 0 aliphatic heterocycles. The summed E-state index contributed by atoms with van der Waals surface area (Å²) in [6.07, 6.45) is 3.23. The normalized spacial score (nSPS) is 14.9. The van der Waals surface area contributed by atoms with Crippen LogP contribution in [-0.2, 0) is 0 Å². The minimum Gasteiger partial charge on any atom is -0.296 e. The number of aromatic nitrogens is 1. The summed E-state index contributed by atoms with van der Waals surface area (Å²) in [7, 11) is 0. The Kier molecular flexibility index (Phi) is 2.73. The van der Waals surface area contributed by atoms with Crippen molar-refractivity contribution in [1.82, 2.24) is 4.98 Å². The maximum Gasteiger partial charge on any atom is 0.169 e. The number of carbonyl (C=O) groups is 1. The van der Waals surface area contributed by atoms with E-state index in [-0.39, 0.29) is 0 Å². The number of hydrogen-bond acceptors (Lipinski definition) is 3. The molecule has 86 valence electrons. The summed E-state index contributed by atoms with van der Waals surface area (Å²) in [6, 6.07) is 7.56. The Balaban J connectivity index is 2.02. The Labute approximate surface area is 108 Å². The second-order valence-electron chi connectivity index (χ2n) is 4.17. The zero-order valence-electron chi connectivity index (χ0n) is 9.02. The predicted molar refractivity (Wildman–Crippen MR) is 69.9 cm³/mol. The summed E-state index contributed by atoms with van der Waals surface area (Å²) >= 11 is 7.48. The minimum absolute atomic E-state index is 0.564. The highest BCUT2D eigenvalue weighted by Gasteiger charge is 2.29. The molecule has 0 atom stereocenters. The first-order valence-electron chi connectivity index (χ1n) is 5.50. The van der Waals surface area contributed by atoms with Crippen molar-refractivity contribution in [2.45, 2.75) is 18.8 Å². The lowest BCUT2D eigenvalue weighted by Gasteiger charge is -1.95. The number of benzene rings is 1. The molecule has 17 heavy (non-hydrogen) atoms. The summed E-state index contributed by atoms with van der Waals surface area (Å²) in [6.45, 7) is 0. The molecule has 2 aromatic rings. The highest BCUT2D eigenvalue weighted by Crippen LogP contribution is 2.45. The van der Waals surface area contributed by atoms with Crippen LogP contribution in [-0.4, -0.2) is 11.3 Å². The van der Waals surface area contributed by atoms with Gasteiger partial charge in [-0.05, 0) is 30.9 Å². The van der Waals surface area contributed by atoms with Crippen molar-refractivity contribution in [3.05, 3.63) is 39.9 Å². The molecule has 1 aliphatic rings. The van der Waals surface area contributed by atoms with Gasteiger partial charge in [0.1, 0.15) is 10.7 Å². The first-order chi connectivity index (χ1) is 8.28. The molecular formula is C13H10ClNOS. The summed E-state index contributed by atoms with van der Waals surface area (Å²) in [5.74, 6) is 0.564. The van der Waals surface area contributed by atoms with Crippen LogP contribution in [0.25, 0.3) is 10.6 Å². The van der Waals surface area contributed by atoms with Crippen molar-refractivity contribution in [3.63, 3.8) is 0 Å². The second kappa shape index (κ2) is 4.24. The van der Waals surface area contributed by atoms with Gasteiger partial charge >= 0.3 is 0 Å². The maximum atomic E-state index is 11.0. The van der Waals surface area contributed by atoms with E-state index >= 15 is 0 Å². The van der Waals surface area contributed by atoms with Gasteiger partial charge in [-0.25, -0.2) is 4.98 Å². The van der Waals surface area contributed by atoms with Crippen LogP contribution in [0.15, 0.2) is 24.3 Å². The van der Waals surface area contributed by atoms with Gasteiger partial charge in [-0.15, -0.1) is 11.3 Å². The molecule has 2 nitrogen and oxygen atoms in total. The molecular weight excluding hydrogens is 254 g/mol. The van der Waals surface area contributed by atoms with Gasteiger partial charge in [0.05, 0.1) is 0 Å². The van der Waals surface area contributed by atoms with E-state index in [0.717, 1.165) is 21.7 Å². The van der Waals surface area contributed by atoms with Gasteiger partial charge in [0.15, 0.2) is 6.29 Å². The molecule has 1 aromatic carbocycles. The van der Waals surface area contributed by atoms with Crippen LogP contribution >= 0.6 is 22.9 Å². The maximum absolute atomic E-state index is 11.0. The molecule has 1 saturated carbocycles. The van der Waals surface area contributed by atoms with Crippen molar-refractivity contribution < 1.29 is 4.79 Å². The van der Waals surface area contributed by atoms with E-state index in [1.54, 1.807) is 11.3 Å². The quantitative estimate of drug-likeness (QED) is 0.779. The zero-order valence-corrected chi connectivity index (χ0v) is 10.6. The van der Waals surface area contributed by atoms with Gasteiger partial charge in [-0.3, -0.25) is 4.79 Å². The van der Waals surface area contributed by atoms with Gasteiger partial charge in [0.2, 0.25) is 0 Å². The van der Waals surface area contributed by atoms with E-state index in [4.69, 9.17) is 11.6 Å². The Hall–Kier alpha value is -1.19. The van der Waals surface area contributed by atoms with Crippen LogP contribution in [0.3, 0.4) is 0 Å². The Bertz CT molecular complexity index is 557. The standard InChI is InChI=1S/C13H10ClNOS/c14-10-5-3-9(4-6-10)13-15-11(7-16)12(17-13)8-1-2-8/h3-8H,1-2H2. The van der Waals surface area contributed by atoms with Crippen molar-refractivity contribution in [3.8, 4) is 10.6 Å². The van der Waals surface area contributed by atoms with Crippen LogP contribution in [0.2, 0.25) is 5.02 Å². The van der Waals surface area contributed by atoms with Crippen molar-refractivity contribution >= 4 is 29.2 Å². The molecule has 0 saturated heterocycles. The fourth-order valence-electron chi connectivity index (χ4n) is 1.78. The molecule has 0 amide bonds. The fourth-order valence-corrected chi connectivity index (χ4v) is 3.12. The number of nitrogens with zero attached hydrogens (tertiary/aromatic N) is 1. The number of rotatable bonds is 3. The van der Waals surface area contributed by atoms with E-state index in [1.165, 1.54) is 12.8 Å². The number of hydrogen-bond donors (Lipinski definition) is 0. The molecule has 1 heterocycles. The van der Waals surface area contributed by atoms with Crippen molar-refractivity contribution in [1.29, 1.82) is 0 Å². The summed E-state index contributed by atoms with van der Waals surface area (Å²) in [4.78, 5) is 16.5. The van der Waals surface area contributed by atoms with E-state index < -0.39 is 0 Å². The lowest BCUT2D eigenvalue weighted by Crippen LogP contribution is -1.85. The van der Waals surface area contributed by atoms with E-state index in [1.807, 2.05) is 24.3 Å². The zero-order chi connectivity index (χ0) is 11.8. The van der Waals surface area contributed by atoms with Gasteiger partial charge in [-0.2, -0.15) is 0 Å². The van der Waals surface area contributed by atoms with Crippen LogP contribution in [0, 0.1) is 0 Å². The first-order valence-corrected chi connectivity index (χ1v) is 6.69. The Morgan fingerprint density at radius 3 is 2.59 bits per heavy atom. The summed E-state index contributed by atoms with van der Waals surface area (Å²) < 4.78 is 0. The highest BCUT2D eigenvalue weighted by molar-refractivity contribution is 7.15. The third-order valence-electron chi connectivity index (χ3n) is 2.83. The average Bonchev–Trinajstić information content (AvgIpc) is 3.10. The molecule has 0 N–H and O–H groups in total. The van der Waals surface area contributed by atoms with Gasteiger partial charge in [0.25, 0.3) is 0 Å². The van der Waals surface area contributed by atoms with E-state index in [2.05, 4.69) is 4.98 Å². The summed E-state index contributed by atoms with van der Waals surface area (Å²) in [5, 5.41) is 1.62. The largest absolute Gasteiger partial charge is 0.296 e. The van der Waals surface area contributed by atoms with Crippen LogP contribution in [0.4, 0.5) is 0 Å². The molecule has 0 unspecified atom stereocenters. The monoisotopic (exact) mass is 263 g/mol. The molecule has 1 aromatic heterocycles. The molecule has 1 aliphatic carbocycles. The highest BCUT2D eigenvalue weighted by atomic mass is 35.5. The molecule has 1 fully saturated rings. The van der Waals surface area contributed by atoms with Crippen LogP contribution in [0.1, 0.15) is 34.1 Å². The molecule has 0 bridgehead atoms. The number of aldehydes is 1. The average molecular weight is 264 g/mol. The molecule has 4 heteroatoms. The topological polar surface area (TPSA) is 30.0 Å². The van der Waals surface area contributed by atoms with Crippen LogP contribution < -0.4 is 0 Å². The third kappa shape index (κ3) is 2.13. The van der Waals surface area contributed by atoms with Gasteiger partial charge in [0, 0.05) is 15.5 Å².